The molecule has 0 unspecified atom stereocenters. The van der Waals surface area contributed by atoms with E-state index in [4.69, 9.17) is 16.3 Å². The fourth-order valence-corrected chi connectivity index (χ4v) is 2.77. The van der Waals surface area contributed by atoms with Gasteiger partial charge in [0, 0.05) is 41.5 Å². The maximum absolute atomic E-state index is 12.3. The number of carbonyl (C=O) groups excluding carboxylic acids is 2. The summed E-state index contributed by atoms with van der Waals surface area (Å²) in [6.45, 7) is 5.22. The van der Waals surface area contributed by atoms with Gasteiger partial charge >= 0.3 is 0 Å². The molecule has 2 rings (SSSR count). The summed E-state index contributed by atoms with van der Waals surface area (Å²) in [6, 6.07) is 6.83. The number of rotatable bonds is 6. The Balaban J connectivity index is 1.84. The van der Waals surface area contributed by atoms with Crippen molar-refractivity contribution in [2.45, 2.75) is 32.7 Å². The summed E-state index contributed by atoms with van der Waals surface area (Å²) >= 11 is 5.81. The first kappa shape index (κ1) is 17.0. The lowest BCUT2D eigenvalue weighted by molar-refractivity contribution is -0.122. The number of nitrogens with one attached hydrogen (secondary N) is 1. The van der Waals surface area contributed by atoms with Gasteiger partial charge in [-0.05, 0) is 37.6 Å². The standard InChI is InChI=1S/C17H22ClNO3/c1-11(17(21)13-3-5-15(18)6-4-13)9-16(20)19-12(2)14-7-8-22-10-14/h3-6,11-12,14H,7-10H2,1-2H3,(H,19,20)/t11-,12-,14-/m1/s1. The summed E-state index contributed by atoms with van der Waals surface area (Å²) in [5.41, 5.74) is 0.585. The first-order valence-corrected chi connectivity index (χ1v) is 8.02. The average Bonchev–Trinajstić information content (AvgIpc) is 3.01. The molecule has 1 saturated heterocycles. The Bertz CT molecular complexity index is 523. The van der Waals surface area contributed by atoms with Crippen molar-refractivity contribution in [3.63, 3.8) is 0 Å². The Morgan fingerprint density at radius 1 is 1.32 bits per heavy atom. The fourth-order valence-electron chi connectivity index (χ4n) is 2.65. The minimum Gasteiger partial charge on any atom is -0.381 e. The van der Waals surface area contributed by atoms with Crippen LogP contribution in [-0.2, 0) is 9.53 Å². The molecule has 0 spiro atoms. The van der Waals surface area contributed by atoms with Crippen LogP contribution in [-0.4, -0.2) is 30.9 Å². The summed E-state index contributed by atoms with van der Waals surface area (Å²) in [7, 11) is 0. The third kappa shape index (κ3) is 4.55. The van der Waals surface area contributed by atoms with Crippen molar-refractivity contribution in [2.24, 2.45) is 11.8 Å². The van der Waals surface area contributed by atoms with Crippen LogP contribution in [0.3, 0.4) is 0 Å². The number of amides is 1. The quantitative estimate of drug-likeness (QED) is 0.818. The molecule has 0 aliphatic carbocycles. The molecule has 1 aromatic carbocycles. The van der Waals surface area contributed by atoms with E-state index < -0.39 is 0 Å². The summed E-state index contributed by atoms with van der Waals surface area (Å²) in [4.78, 5) is 24.4. The van der Waals surface area contributed by atoms with Gasteiger partial charge in [-0.15, -0.1) is 0 Å². The van der Waals surface area contributed by atoms with Crippen LogP contribution in [0.2, 0.25) is 5.02 Å². The van der Waals surface area contributed by atoms with E-state index in [9.17, 15) is 9.59 Å². The van der Waals surface area contributed by atoms with Crippen LogP contribution < -0.4 is 5.32 Å². The van der Waals surface area contributed by atoms with Crippen molar-refractivity contribution in [1.29, 1.82) is 0 Å². The SMILES string of the molecule is C[C@H](CC(=O)N[C@H](C)[C@@H]1CCOC1)C(=O)c1ccc(Cl)cc1. The lowest BCUT2D eigenvalue weighted by Gasteiger charge is -2.20. The minimum atomic E-state index is -0.354. The van der Waals surface area contributed by atoms with Gasteiger partial charge in [0.25, 0.3) is 0 Å². The maximum atomic E-state index is 12.3. The van der Waals surface area contributed by atoms with E-state index in [1.165, 1.54) is 0 Å². The predicted molar refractivity (Wildman–Crippen MR) is 86.1 cm³/mol. The van der Waals surface area contributed by atoms with Crippen molar-refractivity contribution in [1.82, 2.24) is 5.32 Å². The van der Waals surface area contributed by atoms with Gasteiger partial charge in [-0.3, -0.25) is 9.59 Å². The molecule has 1 heterocycles. The smallest absolute Gasteiger partial charge is 0.220 e. The Morgan fingerprint density at radius 3 is 2.59 bits per heavy atom. The van der Waals surface area contributed by atoms with Crippen LogP contribution in [0.5, 0.6) is 0 Å². The minimum absolute atomic E-state index is 0.0383. The third-order valence-corrected chi connectivity index (χ3v) is 4.38. The molecule has 1 aromatic rings. The van der Waals surface area contributed by atoms with Gasteiger partial charge in [0.2, 0.25) is 5.91 Å². The van der Waals surface area contributed by atoms with Gasteiger partial charge in [0.05, 0.1) is 6.61 Å². The van der Waals surface area contributed by atoms with Crippen LogP contribution >= 0.6 is 11.6 Å². The van der Waals surface area contributed by atoms with Crippen LogP contribution in [0.1, 0.15) is 37.0 Å². The molecule has 5 heteroatoms. The van der Waals surface area contributed by atoms with Crippen molar-refractivity contribution >= 4 is 23.3 Å². The molecule has 0 radical (unpaired) electrons. The summed E-state index contributed by atoms with van der Waals surface area (Å²) in [6.07, 6.45) is 1.17. The Hall–Kier alpha value is -1.39. The van der Waals surface area contributed by atoms with E-state index in [1.54, 1.807) is 31.2 Å². The molecule has 0 bridgehead atoms. The second-order valence-corrected chi connectivity index (χ2v) is 6.39. The molecule has 3 atom stereocenters. The van der Waals surface area contributed by atoms with Gasteiger partial charge in [0.1, 0.15) is 0 Å². The number of hydrogen-bond acceptors (Lipinski definition) is 3. The molecule has 120 valence electrons. The van der Waals surface area contributed by atoms with E-state index in [2.05, 4.69) is 5.32 Å². The zero-order valence-corrected chi connectivity index (χ0v) is 13.7. The van der Waals surface area contributed by atoms with Gasteiger partial charge in [0.15, 0.2) is 5.78 Å². The zero-order chi connectivity index (χ0) is 16.1. The van der Waals surface area contributed by atoms with Crippen molar-refractivity contribution in [2.75, 3.05) is 13.2 Å². The van der Waals surface area contributed by atoms with Gasteiger partial charge in [-0.25, -0.2) is 0 Å². The second-order valence-electron chi connectivity index (χ2n) is 5.96. The number of ether oxygens (including phenoxy) is 1. The van der Waals surface area contributed by atoms with Gasteiger partial charge in [-0.2, -0.15) is 0 Å². The van der Waals surface area contributed by atoms with E-state index in [0.717, 1.165) is 13.0 Å². The molecule has 1 fully saturated rings. The number of hydrogen-bond donors (Lipinski definition) is 1. The van der Waals surface area contributed by atoms with E-state index in [-0.39, 0.29) is 30.1 Å². The molecular formula is C17H22ClNO3. The number of benzene rings is 1. The monoisotopic (exact) mass is 323 g/mol. The second kappa shape index (κ2) is 7.75. The molecule has 4 nitrogen and oxygen atoms in total. The molecule has 1 aliphatic heterocycles. The number of halogens is 1. The molecule has 1 aliphatic rings. The summed E-state index contributed by atoms with van der Waals surface area (Å²) in [5, 5.41) is 3.57. The highest BCUT2D eigenvalue weighted by Gasteiger charge is 2.25. The van der Waals surface area contributed by atoms with Crippen LogP contribution in [0.4, 0.5) is 0 Å². The third-order valence-electron chi connectivity index (χ3n) is 4.13. The Kier molecular flexibility index (Phi) is 5.98. The highest BCUT2D eigenvalue weighted by molar-refractivity contribution is 6.30. The van der Waals surface area contributed by atoms with Crippen LogP contribution in [0.25, 0.3) is 0 Å². The molecule has 1 N–H and O–H groups in total. The van der Waals surface area contributed by atoms with Crippen LogP contribution in [0.15, 0.2) is 24.3 Å². The molecule has 0 saturated carbocycles. The number of ketones is 1. The molecule has 22 heavy (non-hydrogen) atoms. The van der Waals surface area contributed by atoms with Gasteiger partial charge < -0.3 is 10.1 Å². The predicted octanol–water partition coefficient (Wildman–Crippen LogP) is 3.09. The molecular weight excluding hydrogens is 302 g/mol. The summed E-state index contributed by atoms with van der Waals surface area (Å²) < 4.78 is 5.33. The fraction of sp³-hybridized carbons (Fsp3) is 0.529. The largest absolute Gasteiger partial charge is 0.381 e. The highest BCUT2D eigenvalue weighted by Crippen LogP contribution is 2.18. The molecule has 1 amide bonds. The van der Waals surface area contributed by atoms with E-state index in [1.807, 2.05) is 6.92 Å². The number of carbonyl (C=O) groups is 2. The lowest BCUT2D eigenvalue weighted by Crippen LogP contribution is -2.39. The van der Waals surface area contributed by atoms with E-state index >= 15 is 0 Å². The molecule has 0 aromatic heterocycles. The number of Topliss-reactive ketones (excluding diaryl/α,β-unsaturated/α-hetero) is 1. The highest BCUT2D eigenvalue weighted by atomic mass is 35.5. The van der Waals surface area contributed by atoms with E-state index in [0.29, 0.717) is 23.1 Å². The maximum Gasteiger partial charge on any atom is 0.220 e. The Labute approximate surface area is 136 Å². The average molecular weight is 324 g/mol. The van der Waals surface area contributed by atoms with Gasteiger partial charge in [-0.1, -0.05) is 18.5 Å². The van der Waals surface area contributed by atoms with Crippen molar-refractivity contribution in [3.8, 4) is 0 Å². The first-order valence-electron chi connectivity index (χ1n) is 7.64. The lowest BCUT2D eigenvalue weighted by atomic mass is 9.95. The zero-order valence-electron chi connectivity index (χ0n) is 13.0. The Morgan fingerprint density at radius 2 is 2.00 bits per heavy atom. The normalized spacial score (nSPS) is 20.4. The first-order chi connectivity index (χ1) is 10.5. The summed E-state index contributed by atoms with van der Waals surface area (Å²) in [5.74, 6) is -0.114. The van der Waals surface area contributed by atoms with Crippen molar-refractivity contribution < 1.29 is 14.3 Å². The van der Waals surface area contributed by atoms with Crippen molar-refractivity contribution in [3.05, 3.63) is 34.9 Å². The topological polar surface area (TPSA) is 55.4 Å². The van der Waals surface area contributed by atoms with Crippen LogP contribution in [0, 0.1) is 11.8 Å².